The molecule has 104 valence electrons. The van der Waals surface area contributed by atoms with Crippen LogP contribution in [0.4, 0.5) is 0 Å². The van der Waals surface area contributed by atoms with Crippen molar-refractivity contribution in [1.82, 2.24) is 4.90 Å². The lowest BCUT2D eigenvalue weighted by Gasteiger charge is -2.30. The maximum Gasteiger partial charge on any atom is 0.153 e. The van der Waals surface area contributed by atoms with Crippen LogP contribution < -0.4 is 4.74 Å². The van der Waals surface area contributed by atoms with Gasteiger partial charge in [-0.1, -0.05) is 22.9 Å². The van der Waals surface area contributed by atoms with Crippen molar-refractivity contribution in [1.29, 1.82) is 0 Å². The standard InChI is InChI=1S/C15H20BrNO2/c1-12-3-2-6-17(10-12)7-8-19-15-5-4-14(16)9-13(15)11-18/h4-5,9,11-12H,2-3,6-8,10H2,1H3. The molecule has 1 aliphatic rings. The molecule has 0 aromatic heterocycles. The van der Waals surface area contributed by atoms with Gasteiger partial charge in [-0.05, 0) is 43.5 Å². The van der Waals surface area contributed by atoms with Crippen LogP contribution in [0.1, 0.15) is 30.1 Å². The zero-order chi connectivity index (χ0) is 13.7. The van der Waals surface area contributed by atoms with Crippen molar-refractivity contribution in [3.05, 3.63) is 28.2 Å². The van der Waals surface area contributed by atoms with E-state index in [2.05, 4.69) is 27.8 Å². The third-order valence-electron chi connectivity index (χ3n) is 3.51. The van der Waals surface area contributed by atoms with Gasteiger partial charge in [-0.2, -0.15) is 0 Å². The Kier molecular flexibility index (Phi) is 5.40. The first-order chi connectivity index (χ1) is 9.19. The molecule has 0 amide bonds. The molecule has 2 rings (SSSR count). The number of ether oxygens (including phenoxy) is 1. The minimum absolute atomic E-state index is 0.599. The number of hydrogen-bond donors (Lipinski definition) is 0. The van der Waals surface area contributed by atoms with Crippen LogP contribution in [-0.4, -0.2) is 37.4 Å². The highest BCUT2D eigenvalue weighted by atomic mass is 79.9. The summed E-state index contributed by atoms with van der Waals surface area (Å²) in [5.74, 6) is 1.45. The summed E-state index contributed by atoms with van der Waals surface area (Å²) in [4.78, 5) is 13.4. The number of benzene rings is 1. The highest BCUT2D eigenvalue weighted by molar-refractivity contribution is 9.10. The molecule has 1 atom stereocenters. The van der Waals surface area contributed by atoms with Gasteiger partial charge >= 0.3 is 0 Å². The Morgan fingerprint density at radius 1 is 1.53 bits per heavy atom. The molecule has 0 aliphatic carbocycles. The van der Waals surface area contributed by atoms with E-state index >= 15 is 0 Å². The summed E-state index contributed by atoms with van der Waals surface area (Å²) in [6.45, 7) is 6.18. The van der Waals surface area contributed by atoms with Gasteiger partial charge in [-0.3, -0.25) is 9.69 Å². The average Bonchev–Trinajstić information content (AvgIpc) is 2.40. The normalized spacial score (nSPS) is 20.2. The van der Waals surface area contributed by atoms with Gasteiger partial charge in [0.25, 0.3) is 0 Å². The van der Waals surface area contributed by atoms with Crippen LogP contribution in [0.2, 0.25) is 0 Å². The van der Waals surface area contributed by atoms with E-state index in [0.717, 1.165) is 36.3 Å². The lowest BCUT2D eigenvalue weighted by Crippen LogP contribution is -2.37. The summed E-state index contributed by atoms with van der Waals surface area (Å²) in [6.07, 6.45) is 3.45. The quantitative estimate of drug-likeness (QED) is 0.777. The third kappa shape index (κ3) is 4.32. The smallest absolute Gasteiger partial charge is 0.153 e. The van der Waals surface area contributed by atoms with Crippen molar-refractivity contribution in [2.75, 3.05) is 26.2 Å². The van der Waals surface area contributed by atoms with E-state index in [0.29, 0.717) is 17.9 Å². The van der Waals surface area contributed by atoms with Crippen LogP contribution in [0.15, 0.2) is 22.7 Å². The highest BCUT2D eigenvalue weighted by Crippen LogP contribution is 2.22. The van der Waals surface area contributed by atoms with E-state index in [1.54, 1.807) is 6.07 Å². The average molecular weight is 326 g/mol. The minimum Gasteiger partial charge on any atom is -0.492 e. The lowest BCUT2D eigenvalue weighted by molar-refractivity contribution is 0.111. The minimum atomic E-state index is 0.599. The molecule has 0 radical (unpaired) electrons. The van der Waals surface area contributed by atoms with Gasteiger partial charge in [0.15, 0.2) is 6.29 Å². The molecule has 1 saturated heterocycles. The fourth-order valence-corrected chi connectivity index (χ4v) is 2.90. The van der Waals surface area contributed by atoms with Crippen LogP contribution >= 0.6 is 15.9 Å². The molecule has 19 heavy (non-hydrogen) atoms. The van der Waals surface area contributed by atoms with Gasteiger partial charge in [-0.25, -0.2) is 0 Å². The van der Waals surface area contributed by atoms with Crippen LogP contribution in [-0.2, 0) is 0 Å². The van der Waals surface area contributed by atoms with Crippen LogP contribution in [0, 0.1) is 5.92 Å². The van der Waals surface area contributed by atoms with Gasteiger partial charge in [0.05, 0.1) is 5.56 Å². The van der Waals surface area contributed by atoms with Gasteiger partial charge in [0.1, 0.15) is 12.4 Å². The molecule has 0 N–H and O–H groups in total. The van der Waals surface area contributed by atoms with Gasteiger partial charge in [0.2, 0.25) is 0 Å². The molecule has 0 spiro atoms. The predicted octanol–water partition coefficient (Wildman–Crippen LogP) is 3.37. The first-order valence-electron chi connectivity index (χ1n) is 6.79. The fourth-order valence-electron chi connectivity index (χ4n) is 2.52. The first-order valence-corrected chi connectivity index (χ1v) is 7.58. The molecular weight excluding hydrogens is 306 g/mol. The molecule has 0 saturated carbocycles. The van der Waals surface area contributed by atoms with Gasteiger partial charge < -0.3 is 4.74 Å². The van der Waals surface area contributed by atoms with Crippen molar-refractivity contribution in [3.63, 3.8) is 0 Å². The van der Waals surface area contributed by atoms with E-state index in [1.807, 2.05) is 12.1 Å². The second-order valence-electron chi connectivity index (χ2n) is 5.20. The maximum atomic E-state index is 11.0. The molecule has 4 heteroatoms. The predicted molar refractivity (Wildman–Crippen MR) is 79.9 cm³/mol. The summed E-state index contributed by atoms with van der Waals surface area (Å²) in [5, 5.41) is 0. The molecule has 1 heterocycles. The van der Waals surface area contributed by atoms with Gasteiger partial charge in [0, 0.05) is 17.6 Å². The SMILES string of the molecule is CC1CCCN(CCOc2ccc(Br)cc2C=O)C1. The Labute approximate surface area is 123 Å². The van der Waals surface area contributed by atoms with Crippen LogP contribution in [0.5, 0.6) is 5.75 Å². The molecule has 1 aliphatic heterocycles. The molecule has 0 bridgehead atoms. The largest absolute Gasteiger partial charge is 0.492 e. The van der Waals surface area contributed by atoms with E-state index < -0.39 is 0 Å². The fraction of sp³-hybridized carbons (Fsp3) is 0.533. The van der Waals surface area contributed by atoms with E-state index in [1.165, 1.54) is 12.8 Å². The molecular formula is C15H20BrNO2. The van der Waals surface area contributed by atoms with Crippen molar-refractivity contribution >= 4 is 22.2 Å². The Bertz CT molecular complexity index is 436. The maximum absolute atomic E-state index is 11.0. The number of hydrogen-bond acceptors (Lipinski definition) is 3. The van der Waals surface area contributed by atoms with Crippen LogP contribution in [0.3, 0.4) is 0 Å². The monoisotopic (exact) mass is 325 g/mol. The van der Waals surface area contributed by atoms with E-state index in [9.17, 15) is 4.79 Å². The Morgan fingerprint density at radius 3 is 3.11 bits per heavy atom. The molecule has 1 aromatic carbocycles. The number of rotatable bonds is 5. The van der Waals surface area contributed by atoms with Crippen molar-refractivity contribution in [3.8, 4) is 5.75 Å². The van der Waals surface area contributed by atoms with Crippen LogP contribution in [0.25, 0.3) is 0 Å². The second-order valence-corrected chi connectivity index (χ2v) is 6.11. The van der Waals surface area contributed by atoms with Crippen molar-refractivity contribution < 1.29 is 9.53 Å². The Balaban J connectivity index is 1.83. The summed E-state index contributed by atoms with van der Waals surface area (Å²) in [5.41, 5.74) is 0.599. The number of nitrogens with zero attached hydrogens (tertiary/aromatic N) is 1. The van der Waals surface area contributed by atoms with E-state index in [4.69, 9.17) is 4.74 Å². The summed E-state index contributed by atoms with van der Waals surface area (Å²) in [7, 11) is 0. The topological polar surface area (TPSA) is 29.5 Å². The van der Waals surface area contributed by atoms with E-state index in [-0.39, 0.29) is 0 Å². The summed E-state index contributed by atoms with van der Waals surface area (Å²) < 4.78 is 6.62. The molecule has 1 unspecified atom stereocenters. The zero-order valence-corrected chi connectivity index (χ0v) is 12.9. The number of carbonyl (C=O) groups is 1. The number of halogens is 1. The number of carbonyl (C=O) groups excluding carboxylic acids is 1. The Hall–Kier alpha value is -0.870. The van der Waals surface area contributed by atoms with Crippen molar-refractivity contribution in [2.24, 2.45) is 5.92 Å². The molecule has 1 aromatic rings. The van der Waals surface area contributed by atoms with Crippen molar-refractivity contribution in [2.45, 2.75) is 19.8 Å². The Morgan fingerprint density at radius 2 is 2.37 bits per heavy atom. The molecule has 3 nitrogen and oxygen atoms in total. The van der Waals surface area contributed by atoms with Gasteiger partial charge in [-0.15, -0.1) is 0 Å². The summed E-state index contributed by atoms with van der Waals surface area (Å²) >= 11 is 3.35. The zero-order valence-electron chi connectivity index (χ0n) is 11.3. The first kappa shape index (κ1) is 14.5. The molecule has 1 fully saturated rings. The third-order valence-corrected chi connectivity index (χ3v) is 4.00. The second kappa shape index (κ2) is 7.06. The number of aldehydes is 1. The number of piperidine rings is 1. The number of likely N-dealkylation sites (tertiary alicyclic amines) is 1. The lowest BCUT2D eigenvalue weighted by atomic mass is 10.0. The highest BCUT2D eigenvalue weighted by Gasteiger charge is 2.15. The summed E-state index contributed by atoms with van der Waals surface area (Å²) in [6, 6.07) is 5.52.